The van der Waals surface area contributed by atoms with Gasteiger partial charge in [-0.3, -0.25) is 4.79 Å². The van der Waals surface area contributed by atoms with Crippen LogP contribution in [0.3, 0.4) is 0 Å². The van der Waals surface area contributed by atoms with Gasteiger partial charge in [-0.2, -0.15) is 0 Å². The van der Waals surface area contributed by atoms with Gasteiger partial charge in [-0.1, -0.05) is 12.1 Å². The van der Waals surface area contributed by atoms with Crippen LogP contribution in [0.1, 0.15) is 12.0 Å². The molecule has 0 unspecified atom stereocenters. The zero-order valence-electron chi connectivity index (χ0n) is 12.3. The molecule has 0 atom stereocenters. The SMILES string of the molecule is CN(CCC(=O)N1CCNCC1)Cc1cccc(F)c1.Cl. The van der Waals surface area contributed by atoms with Gasteiger partial charge in [0.05, 0.1) is 0 Å². The van der Waals surface area contributed by atoms with Gasteiger partial charge < -0.3 is 15.1 Å². The molecule has 2 rings (SSSR count). The Balaban J connectivity index is 0.00000220. The van der Waals surface area contributed by atoms with Crippen molar-refractivity contribution >= 4 is 18.3 Å². The second kappa shape index (κ2) is 8.97. The van der Waals surface area contributed by atoms with E-state index in [4.69, 9.17) is 0 Å². The van der Waals surface area contributed by atoms with Gasteiger partial charge in [-0.25, -0.2) is 4.39 Å². The summed E-state index contributed by atoms with van der Waals surface area (Å²) in [5.74, 6) is -0.00890. The topological polar surface area (TPSA) is 35.6 Å². The standard InChI is InChI=1S/C15H22FN3O.ClH/c1-18(12-13-3-2-4-14(16)11-13)8-5-15(20)19-9-6-17-7-10-19;/h2-4,11,17H,5-10,12H2,1H3;1H. The van der Waals surface area contributed by atoms with Crippen LogP contribution in [0.25, 0.3) is 0 Å². The van der Waals surface area contributed by atoms with Gasteiger partial charge in [-0.15, -0.1) is 12.4 Å². The Bertz CT molecular complexity index is 452. The maximum atomic E-state index is 13.1. The zero-order chi connectivity index (χ0) is 14.4. The van der Waals surface area contributed by atoms with Gasteiger partial charge in [0.1, 0.15) is 5.82 Å². The Kier molecular flexibility index (Phi) is 7.64. The van der Waals surface area contributed by atoms with Crippen molar-refractivity contribution in [1.82, 2.24) is 15.1 Å². The highest BCUT2D eigenvalue weighted by molar-refractivity contribution is 5.85. The summed E-state index contributed by atoms with van der Waals surface area (Å²) in [6.45, 7) is 4.71. The largest absolute Gasteiger partial charge is 0.340 e. The van der Waals surface area contributed by atoms with Crippen molar-refractivity contribution in [1.29, 1.82) is 0 Å². The zero-order valence-corrected chi connectivity index (χ0v) is 13.2. The van der Waals surface area contributed by atoms with Crippen LogP contribution in [0.5, 0.6) is 0 Å². The van der Waals surface area contributed by atoms with Gasteiger partial charge in [0.15, 0.2) is 0 Å². The minimum Gasteiger partial charge on any atom is -0.340 e. The molecule has 0 aliphatic carbocycles. The number of benzene rings is 1. The average molecular weight is 316 g/mol. The number of halogens is 2. The quantitative estimate of drug-likeness (QED) is 0.894. The Morgan fingerprint density at radius 2 is 2.10 bits per heavy atom. The summed E-state index contributed by atoms with van der Waals surface area (Å²) < 4.78 is 13.1. The van der Waals surface area contributed by atoms with Crippen molar-refractivity contribution in [3.63, 3.8) is 0 Å². The Hall–Kier alpha value is -1.17. The summed E-state index contributed by atoms with van der Waals surface area (Å²) in [5, 5.41) is 3.23. The van der Waals surface area contributed by atoms with Crippen molar-refractivity contribution in [2.24, 2.45) is 0 Å². The number of carbonyl (C=O) groups is 1. The molecular weight excluding hydrogens is 293 g/mol. The normalized spacial score (nSPS) is 14.9. The number of amides is 1. The molecule has 0 saturated carbocycles. The van der Waals surface area contributed by atoms with Crippen LogP contribution < -0.4 is 5.32 Å². The molecule has 0 aromatic heterocycles. The molecule has 6 heteroatoms. The van der Waals surface area contributed by atoms with Crippen LogP contribution in [0.15, 0.2) is 24.3 Å². The summed E-state index contributed by atoms with van der Waals surface area (Å²) in [6, 6.07) is 6.59. The minimum absolute atomic E-state index is 0. The Morgan fingerprint density at radius 3 is 2.76 bits per heavy atom. The van der Waals surface area contributed by atoms with E-state index in [-0.39, 0.29) is 24.1 Å². The number of nitrogens with zero attached hydrogens (tertiary/aromatic N) is 2. The van der Waals surface area contributed by atoms with E-state index in [0.717, 1.165) is 31.7 Å². The molecule has 1 N–H and O–H groups in total. The van der Waals surface area contributed by atoms with Crippen molar-refractivity contribution < 1.29 is 9.18 Å². The van der Waals surface area contributed by atoms with E-state index in [9.17, 15) is 9.18 Å². The van der Waals surface area contributed by atoms with Gasteiger partial charge in [0.2, 0.25) is 5.91 Å². The molecule has 1 heterocycles. The lowest BCUT2D eigenvalue weighted by molar-refractivity contribution is -0.132. The first-order valence-corrected chi connectivity index (χ1v) is 7.06. The lowest BCUT2D eigenvalue weighted by Gasteiger charge is -2.28. The number of nitrogens with one attached hydrogen (secondary N) is 1. The second-order valence-corrected chi connectivity index (χ2v) is 5.25. The maximum absolute atomic E-state index is 13.1. The van der Waals surface area contributed by atoms with E-state index in [2.05, 4.69) is 10.2 Å². The van der Waals surface area contributed by atoms with E-state index >= 15 is 0 Å². The van der Waals surface area contributed by atoms with E-state index in [0.29, 0.717) is 19.5 Å². The molecule has 1 aliphatic heterocycles. The number of hydrogen-bond acceptors (Lipinski definition) is 3. The monoisotopic (exact) mass is 315 g/mol. The molecule has 1 aromatic rings. The first-order valence-electron chi connectivity index (χ1n) is 7.06. The van der Waals surface area contributed by atoms with E-state index < -0.39 is 0 Å². The number of rotatable bonds is 5. The Morgan fingerprint density at radius 1 is 1.38 bits per heavy atom. The summed E-state index contributed by atoms with van der Waals surface area (Å²) in [7, 11) is 1.95. The fourth-order valence-corrected chi connectivity index (χ4v) is 2.38. The van der Waals surface area contributed by atoms with Crippen molar-refractivity contribution in [2.75, 3.05) is 39.8 Å². The van der Waals surface area contributed by atoms with Crippen LogP contribution in [-0.4, -0.2) is 55.5 Å². The van der Waals surface area contributed by atoms with Gasteiger partial charge in [-0.05, 0) is 24.7 Å². The van der Waals surface area contributed by atoms with Crippen molar-refractivity contribution in [3.8, 4) is 0 Å². The van der Waals surface area contributed by atoms with Crippen molar-refractivity contribution in [2.45, 2.75) is 13.0 Å². The molecule has 0 spiro atoms. The molecule has 1 amide bonds. The van der Waals surface area contributed by atoms with Crippen molar-refractivity contribution in [3.05, 3.63) is 35.6 Å². The molecular formula is C15H23ClFN3O. The first-order chi connectivity index (χ1) is 9.65. The van der Waals surface area contributed by atoms with E-state index in [1.807, 2.05) is 18.0 Å². The second-order valence-electron chi connectivity index (χ2n) is 5.25. The highest BCUT2D eigenvalue weighted by Crippen LogP contribution is 2.07. The smallest absolute Gasteiger partial charge is 0.223 e. The van der Waals surface area contributed by atoms with Crippen LogP contribution in [0, 0.1) is 5.82 Å². The molecule has 1 aliphatic rings. The predicted molar refractivity (Wildman–Crippen MR) is 84.0 cm³/mol. The third kappa shape index (κ3) is 5.99. The molecule has 1 saturated heterocycles. The van der Waals surface area contributed by atoms with Crippen LogP contribution >= 0.6 is 12.4 Å². The fraction of sp³-hybridized carbons (Fsp3) is 0.533. The molecule has 0 radical (unpaired) electrons. The number of piperazine rings is 1. The molecule has 0 bridgehead atoms. The summed E-state index contributed by atoms with van der Waals surface area (Å²) >= 11 is 0. The molecule has 4 nitrogen and oxygen atoms in total. The van der Waals surface area contributed by atoms with Gasteiger partial charge in [0, 0.05) is 45.7 Å². The third-order valence-electron chi connectivity index (χ3n) is 3.52. The molecule has 118 valence electrons. The number of hydrogen-bond donors (Lipinski definition) is 1. The van der Waals surface area contributed by atoms with E-state index in [1.165, 1.54) is 12.1 Å². The first kappa shape index (κ1) is 17.9. The predicted octanol–water partition coefficient (Wildman–Crippen LogP) is 1.50. The summed E-state index contributed by atoms with van der Waals surface area (Å²) in [5.41, 5.74) is 0.933. The minimum atomic E-state index is -0.215. The third-order valence-corrected chi connectivity index (χ3v) is 3.52. The Labute approximate surface area is 131 Å². The van der Waals surface area contributed by atoms with Crippen LogP contribution in [0.2, 0.25) is 0 Å². The summed E-state index contributed by atoms with van der Waals surface area (Å²) in [6.07, 6.45) is 0.520. The van der Waals surface area contributed by atoms with E-state index in [1.54, 1.807) is 6.07 Å². The van der Waals surface area contributed by atoms with Crippen LogP contribution in [0.4, 0.5) is 4.39 Å². The fourth-order valence-electron chi connectivity index (χ4n) is 2.38. The average Bonchev–Trinajstić information content (AvgIpc) is 2.46. The number of carbonyl (C=O) groups excluding carboxylic acids is 1. The lowest BCUT2D eigenvalue weighted by Crippen LogP contribution is -2.47. The highest BCUT2D eigenvalue weighted by Gasteiger charge is 2.16. The lowest BCUT2D eigenvalue weighted by atomic mass is 10.2. The molecule has 1 aromatic carbocycles. The molecule has 1 fully saturated rings. The molecule has 21 heavy (non-hydrogen) atoms. The summed E-state index contributed by atoms with van der Waals surface area (Å²) in [4.78, 5) is 16.0. The highest BCUT2D eigenvalue weighted by atomic mass is 35.5. The van der Waals surface area contributed by atoms with Crippen LogP contribution in [-0.2, 0) is 11.3 Å². The van der Waals surface area contributed by atoms with Gasteiger partial charge in [0.25, 0.3) is 0 Å². The maximum Gasteiger partial charge on any atom is 0.223 e. The van der Waals surface area contributed by atoms with Gasteiger partial charge >= 0.3 is 0 Å².